The van der Waals surface area contributed by atoms with Crippen LogP contribution >= 0.6 is 0 Å². The molecule has 28 heavy (non-hydrogen) atoms. The number of rotatable bonds is 3. The Morgan fingerprint density at radius 1 is 1.14 bits per heavy atom. The van der Waals surface area contributed by atoms with Gasteiger partial charge >= 0.3 is 6.09 Å². The zero-order chi connectivity index (χ0) is 21.1. The minimum atomic E-state index is -1.21. The standard InChI is InChI=1S/C20H34FNO6/c1-12(21)14-15-13(26-18(5,24-7)19(6,25-8)27-15)11-22(20(14)9-10-20)16(23)28-17(2,3)4/h12-15H,9-11H2,1-8H3. The van der Waals surface area contributed by atoms with E-state index in [1.165, 1.54) is 21.1 Å². The first kappa shape index (κ1) is 21.7. The Kier molecular flexibility index (Phi) is 5.27. The van der Waals surface area contributed by atoms with Crippen molar-refractivity contribution in [2.24, 2.45) is 5.92 Å². The highest BCUT2D eigenvalue weighted by Crippen LogP contribution is 2.57. The number of ether oxygens (including phenoxy) is 5. The molecule has 0 radical (unpaired) electrons. The van der Waals surface area contributed by atoms with Crippen LogP contribution in [0.25, 0.3) is 0 Å². The molecule has 7 nitrogen and oxygen atoms in total. The summed E-state index contributed by atoms with van der Waals surface area (Å²) < 4.78 is 44.3. The number of methoxy groups -OCH3 is 2. The molecule has 6 unspecified atom stereocenters. The molecule has 0 aromatic carbocycles. The van der Waals surface area contributed by atoms with Crippen LogP contribution in [0.4, 0.5) is 9.18 Å². The maximum Gasteiger partial charge on any atom is 0.410 e. The minimum Gasteiger partial charge on any atom is -0.444 e. The summed E-state index contributed by atoms with van der Waals surface area (Å²) >= 11 is 0. The molecule has 3 aliphatic rings. The van der Waals surface area contributed by atoms with Crippen LogP contribution in [0.5, 0.6) is 0 Å². The molecule has 0 aromatic heterocycles. The first-order chi connectivity index (χ1) is 12.8. The average molecular weight is 403 g/mol. The van der Waals surface area contributed by atoms with Gasteiger partial charge in [0.1, 0.15) is 17.9 Å². The molecule has 2 saturated heterocycles. The van der Waals surface area contributed by atoms with Gasteiger partial charge in [0.15, 0.2) is 0 Å². The first-order valence-corrected chi connectivity index (χ1v) is 9.93. The fraction of sp³-hybridized carbons (Fsp3) is 0.950. The van der Waals surface area contributed by atoms with Crippen LogP contribution in [0.1, 0.15) is 54.4 Å². The van der Waals surface area contributed by atoms with E-state index in [2.05, 4.69) is 0 Å². The zero-order valence-electron chi connectivity index (χ0n) is 18.2. The first-order valence-electron chi connectivity index (χ1n) is 9.93. The summed E-state index contributed by atoms with van der Waals surface area (Å²) in [4.78, 5) is 14.6. The summed E-state index contributed by atoms with van der Waals surface area (Å²) in [5.74, 6) is -2.96. The van der Waals surface area contributed by atoms with Crippen LogP contribution in [0.3, 0.4) is 0 Å². The van der Waals surface area contributed by atoms with Crippen LogP contribution < -0.4 is 0 Å². The Labute approximate surface area is 166 Å². The van der Waals surface area contributed by atoms with Crippen molar-refractivity contribution in [3.8, 4) is 0 Å². The molecule has 3 fully saturated rings. The van der Waals surface area contributed by atoms with Crippen molar-refractivity contribution in [1.82, 2.24) is 4.90 Å². The van der Waals surface area contributed by atoms with E-state index in [-0.39, 0.29) is 6.54 Å². The fourth-order valence-corrected chi connectivity index (χ4v) is 4.66. The number of piperidine rings is 1. The number of carbonyl (C=O) groups excluding carboxylic acids is 1. The second-order valence-corrected chi connectivity index (χ2v) is 9.44. The lowest BCUT2D eigenvalue weighted by Gasteiger charge is -2.58. The van der Waals surface area contributed by atoms with Gasteiger partial charge in [-0.15, -0.1) is 0 Å². The van der Waals surface area contributed by atoms with Crippen molar-refractivity contribution in [3.63, 3.8) is 0 Å². The molecule has 0 bridgehead atoms. The fourth-order valence-electron chi connectivity index (χ4n) is 4.66. The van der Waals surface area contributed by atoms with Crippen molar-refractivity contribution < 1.29 is 32.9 Å². The number of alkyl halides is 1. The smallest absolute Gasteiger partial charge is 0.410 e. The molecule has 3 rings (SSSR count). The van der Waals surface area contributed by atoms with Gasteiger partial charge in [0.05, 0.1) is 18.2 Å². The van der Waals surface area contributed by atoms with Crippen LogP contribution in [-0.2, 0) is 23.7 Å². The van der Waals surface area contributed by atoms with Crippen molar-refractivity contribution in [2.75, 3.05) is 20.8 Å². The number of nitrogens with zero attached hydrogens (tertiary/aromatic N) is 1. The van der Waals surface area contributed by atoms with E-state index in [4.69, 9.17) is 23.7 Å². The van der Waals surface area contributed by atoms with Crippen LogP contribution in [0.15, 0.2) is 0 Å². The van der Waals surface area contributed by atoms with E-state index in [0.29, 0.717) is 12.8 Å². The van der Waals surface area contributed by atoms with Crippen LogP contribution in [0.2, 0.25) is 0 Å². The third-order valence-electron chi connectivity index (χ3n) is 6.45. The number of amides is 1. The largest absolute Gasteiger partial charge is 0.444 e. The van der Waals surface area contributed by atoms with Gasteiger partial charge < -0.3 is 23.7 Å². The molecule has 1 aliphatic carbocycles. The van der Waals surface area contributed by atoms with E-state index >= 15 is 0 Å². The summed E-state index contributed by atoms with van der Waals surface area (Å²) in [5, 5.41) is 0. The van der Waals surface area contributed by atoms with Crippen LogP contribution in [0, 0.1) is 5.92 Å². The summed E-state index contributed by atoms with van der Waals surface area (Å²) in [6.07, 6.45) is -1.34. The molecule has 1 amide bonds. The van der Waals surface area contributed by atoms with Gasteiger partial charge in [0.2, 0.25) is 11.6 Å². The third-order valence-corrected chi connectivity index (χ3v) is 6.45. The van der Waals surface area contributed by atoms with E-state index in [1.807, 2.05) is 20.8 Å². The second-order valence-electron chi connectivity index (χ2n) is 9.44. The van der Waals surface area contributed by atoms with Gasteiger partial charge in [0, 0.05) is 20.1 Å². The summed E-state index contributed by atoms with van der Waals surface area (Å²) in [5.41, 5.74) is -1.25. The van der Waals surface area contributed by atoms with Gasteiger partial charge in [-0.3, -0.25) is 4.90 Å². The minimum absolute atomic E-state index is 0.252. The van der Waals surface area contributed by atoms with Crippen molar-refractivity contribution in [2.45, 2.75) is 95.5 Å². The predicted octanol–water partition coefficient (Wildman–Crippen LogP) is 3.25. The zero-order valence-corrected chi connectivity index (χ0v) is 18.2. The Morgan fingerprint density at radius 3 is 2.11 bits per heavy atom. The quantitative estimate of drug-likeness (QED) is 0.721. The Balaban J connectivity index is 1.96. The van der Waals surface area contributed by atoms with E-state index in [9.17, 15) is 9.18 Å². The summed E-state index contributed by atoms with van der Waals surface area (Å²) in [6.45, 7) is 10.7. The third kappa shape index (κ3) is 3.32. The predicted molar refractivity (Wildman–Crippen MR) is 99.5 cm³/mol. The molecule has 2 aliphatic heterocycles. The number of hydrogen-bond donors (Lipinski definition) is 0. The van der Waals surface area contributed by atoms with Gasteiger partial charge in [-0.25, -0.2) is 9.18 Å². The van der Waals surface area contributed by atoms with Gasteiger partial charge in [-0.2, -0.15) is 0 Å². The highest BCUT2D eigenvalue weighted by atomic mass is 19.1. The van der Waals surface area contributed by atoms with E-state index in [0.717, 1.165) is 0 Å². The Hall–Kier alpha value is -0.960. The number of hydrogen-bond acceptors (Lipinski definition) is 6. The second kappa shape index (κ2) is 6.79. The van der Waals surface area contributed by atoms with Gasteiger partial charge in [-0.05, 0) is 54.4 Å². The van der Waals surface area contributed by atoms with Crippen LogP contribution in [-0.4, -0.2) is 72.9 Å². The number of carbonyl (C=O) groups is 1. The molecule has 6 atom stereocenters. The highest BCUT2D eigenvalue weighted by molar-refractivity contribution is 5.70. The normalized spacial score (nSPS) is 40.8. The molecular weight excluding hydrogens is 369 g/mol. The van der Waals surface area contributed by atoms with Crippen molar-refractivity contribution >= 4 is 6.09 Å². The molecule has 2 heterocycles. The summed E-state index contributed by atoms with van der Waals surface area (Å²) in [7, 11) is 3.02. The highest BCUT2D eigenvalue weighted by Gasteiger charge is 2.69. The molecule has 0 N–H and O–H groups in total. The maximum absolute atomic E-state index is 14.9. The summed E-state index contributed by atoms with van der Waals surface area (Å²) in [6, 6.07) is 0. The lowest BCUT2D eigenvalue weighted by atomic mass is 9.78. The molecular formula is C20H34FNO6. The molecule has 0 aromatic rings. The van der Waals surface area contributed by atoms with Crippen molar-refractivity contribution in [3.05, 3.63) is 0 Å². The van der Waals surface area contributed by atoms with Gasteiger partial charge in [0.25, 0.3) is 0 Å². The van der Waals surface area contributed by atoms with E-state index < -0.39 is 53.1 Å². The molecule has 162 valence electrons. The number of fused-ring (bicyclic) bond motifs is 1. The molecule has 8 heteroatoms. The van der Waals surface area contributed by atoms with Crippen molar-refractivity contribution in [1.29, 1.82) is 0 Å². The lowest BCUT2D eigenvalue weighted by molar-refractivity contribution is -0.459. The Bertz CT molecular complexity index is 618. The van der Waals surface area contributed by atoms with E-state index in [1.54, 1.807) is 18.7 Å². The lowest BCUT2D eigenvalue weighted by Crippen LogP contribution is -2.73. The van der Waals surface area contributed by atoms with Gasteiger partial charge in [-0.1, -0.05) is 0 Å². The average Bonchev–Trinajstić information content (AvgIpc) is 3.34. The molecule has 1 saturated carbocycles. The Morgan fingerprint density at radius 2 is 1.68 bits per heavy atom. The topological polar surface area (TPSA) is 66.5 Å². The SMILES string of the molecule is COC1(C)OC2CN(C(=O)OC(C)(C)C)C3(CC3)C(C(C)F)C2OC1(C)OC. The maximum atomic E-state index is 14.9. The molecule has 1 spiro atoms. The number of halogens is 1. The monoisotopic (exact) mass is 403 g/mol. The number of likely N-dealkylation sites (tertiary alicyclic amines) is 1.